The largest absolute Gasteiger partial charge is 0.506 e. The molecule has 1 aliphatic heterocycles. The van der Waals surface area contributed by atoms with E-state index in [2.05, 4.69) is 10.3 Å². The molecule has 102 valence electrons. The van der Waals surface area contributed by atoms with E-state index in [1.165, 1.54) is 18.5 Å². The van der Waals surface area contributed by atoms with E-state index in [1.807, 2.05) is 24.3 Å². The highest BCUT2D eigenvalue weighted by Crippen LogP contribution is 2.29. The van der Waals surface area contributed by atoms with Crippen molar-refractivity contribution in [3.63, 3.8) is 0 Å². The van der Waals surface area contributed by atoms with Crippen molar-refractivity contribution < 1.29 is 9.90 Å². The number of anilines is 2. The van der Waals surface area contributed by atoms with Gasteiger partial charge in [-0.3, -0.25) is 9.78 Å². The fourth-order valence-electron chi connectivity index (χ4n) is 2.35. The van der Waals surface area contributed by atoms with Crippen molar-refractivity contribution in [2.45, 2.75) is 6.42 Å². The van der Waals surface area contributed by atoms with Gasteiger partial charge in [0, 0.05) is 19.3 Å². The summed E-state index contributed by atoms with van der Waals surface area (Å²) in [6.07, 6.45) is 3.66. The number of pyridine rings is 1. The highest BCUT2D eigenvalue weighted by atomic mass is 16.3. The number of nitrogens with one attached hydrogen (secondary N) is 1. The lowest BCUT2D eigenvalue weighted by Crippen LogP contribution is -2.31. The molecule has 0 atom stereocenters. The molecular formula is C15H15N3O2. The van der Waals surface area contributed by atoms with E-state index in [9.17, 15) is 9.90 Å². The molecule has 0 saturated carbocycles. The molecule has 0 saturated heterocycles. The molecule has 2 aromatic rings. The molecule has 1 amide bonds. The Balaban J connectivity index is 1.99. The molecule has 0 unspecified atom stereocenters. The van der Waals surface area contributed by atoms with Gasteiger partial charge in [-0.2, -0.15) is 0 Å². The first-order valence-electron chi connectivity index (χ1n) is 6.54. The Bertz CT molecular complexity index is 643. The number of aromatic hydroxyl groups is 1. The van der Waals surface area contributed by atoms with Gasteiger partial charge in [-0.25, -0.2) is 0 Å². The Labute approximate surface area is 116 Å². The molecule has 0 fully saturated rings. The van der Waals surface area contributed by atoms with Crippen LogP contribution in [0.3, 0.4) is 0 Å². The minimum atomic E-state index is -0.149. The Morgan fingerprint density at radius 3 is 3.00 bits per heavy atom. The van der Waals surface area contributed by atoms with Crippen LogP contribution in [-0.4, -0.2) is 29.1 Å². The molecule has 20 heavy (non-hydrogen) atoms. The maximum Gasteiger partial charge on any atom is 0.260 e. The third-order valence-corrected chi connectivity index (χ3v) is 3.28. The van der Waals surface area contributed by atoms with E-state index in [-0.39, 0.29) is 11.7 Å². The zero-order chi connectivity index (χ0) is 13.9. The number of hydrogen-bond donors (Lipinski definition) is 2. The van der Waals surface area contributed by atoms with Crippen LogP contribution in [0.1, 0.15) is 16.8 Å². The van der Waals surface area contributed by atoms with Crippen LogP contribution in [0.15, 0.2) is 42.7 Å². The fourth-order valence-corrected chi connectivity index (χ4v) is 2.35. The van der Waals surface area contributed by atoms with Crippen LogP contribution in [0.2, 0.25) is 0 Å². The standard InChI is InChI=1S/C15H15N3O2/c19-12-8-11(9-16-10-12)15(20)18-7-3-6-17-13-4-1-2-5-14(13)18/h1-2,4-5,8-10,17,19H,3,6-7H2. The van der Waals surface area contributed by atoms with E-state index >= 15 is 0 Å². The van der Waals surface area contributed by atoms with Gasteiger partial charge in [0.05, 0.1) is 23.1 Å². The van der Waals surface area contributed by atoms with Crippen molar-refractivity contribution in [3.8, 4) is 5.75 Å². The van der Waals surface area contributed by atoms with Crippen LogP contribution >= 0.6 is 0 Å². The molecule has 1 aliphatic rings. The van der Waals surface area contributed by atoms with Gasteiger partial charge in [-0.1, -0.05) is 12.1 Å². The fraction of sp³-hybridized carbons (Fsp3) is 0.200. The first-order chi connectivity index (χ1) is 9.75. The molecular weight excluding hydrogens is 254 g/mol. The highest BCUT2D eigenvalue weighted by molar-refractivity contribution is 6.07. The van der Waals surface area contributed by atoms with Crippen LogP contribution in [0, 0.1) is 0 Å². The molecule has 2 N–H and O–H groups in total. The number of amides is 1. The quantitative estimate of drug-likeness (QED) is 0.833. The van der Waals surface area contributed by atoms with Gasteiger partial charge in [-0.15, -0.1) is 0 Å². The van der Waals surface area contributed by atoms with Crippen LogP contribution in [0.25, 0.3) is 0 Å². The molecule has 1 aromatic carbocycles. The van der Waals surface area contributed by atoms with Crippen LogP contribution < -0.4 is 10.2 Å². The SMILES string of the molecule is O=C(c1cncc(O)c1)N1CCCNc2ccccc21. The van der Waals surface area contributed by atoms with E-state index in [4.69, 9.17) is 0 Å². The first kappa shape index (κ1) is 12.5. The van der Waals surface area contributed by atoms with Crippen molar-refractivity contribution in [2.75, 3.05) is 23.3 Å². The van der Waals surface area contributed by atoms with Crippen molar-refractivity contribution in [3.05, 3.63) is 48.3 Å². The summed E-state index contributed by atoms with van der Waals surface area (Å²) in [5.41, 5.74) is 2.20. The lowest BCUT2D eigenvalue weighted by atomic mass is 10.2. The normalized spacial score (nSPS) is 14.1. The summed E-state index contributed by atoms with van der Waals surface area (Å²) in [7, 11) is 0. The molecule has 0 bridgehead atoms. The van der Waals surface area contributed by atoms with Crippen LogP contribution in [-0.2, 0) is 0 Å². The van der Waals surface area contributed by atoms with Gasteiger partial charge in [0.2, 0.25) is 0 Å². The van der Waals surface area contributed by atoms with Crippen molar-refractivity contribution in [2.24, 2.45) is 0 Å². The number of rotatable bonds is 1. The second-order valence-electron chi connectivity index (χ2n) is 4.69. The number of para-hydroxylation sites is 2. The van der Waals surface area contributed by atoms with Gasteiger partial charge in [0.15, 0.2) is 0 Å². The number of aromatic nitrogens is 1. The number of benzene rings is 1. The predicted octanol–water partition coefficient (Wildman–Crippen LogP) is 2.25. The van der Waals surface area contributed by atoms with E-state index in [0.29, 0.717) is 12.1 Å². The highest BCUT2D eigenvalue weighted by Gasteiger charge is 2.22. The second-order valence-corrected chi connectivity index (χ2v) is 4.69. The average molecular weight is 269 g/mol. The molecule has 3 rings (SSSR count). The number of nitrogens with zero attached hydrogens (tertiary/aromatic N) is 2. The van der Waals surface area contributed by atoms with E-state index in [0.717, 1.165) is 24.3 Å². The molecule has 0 radical (unpaired) electrons. The van der Waals surface area contributed by atoms with E-state index in [1.54, 1.807) is 4.90 Å². The molecule has 1 aromatic heterocycles. The minimum absolute atomic E-state index is 0.00270. The van der Waals surface area contributed by atoms with Crippen molar-refractivity contribution >= 4 is 17.3 Å². The number of carbonyl (C=O) groups is 1. The van der Waals surface area contributed by atoms with Gasteiger partial charge >= 0.3 is 0 Å². The lowest BCUT2D eigenvalue weighted by molar-refractivity contribution is 0.0986. The Hall–Kier alpha value is -2.56. The van der Waals surface area contributed by atoms with Crippen molar-refractivity contribution in [1.82, 2.24) is 4.98 Å². The van der Waals surface area contributed by atoms with Gasteiger partial charge in [-0.05, 0) is 24.6 Å². The monoisotopic (exact) mass is 269 g/mol. The Morgan fingerprint density at radius 1 is 1.30 bits per heavy atom. The number of carbonyl (C=O) groups excluding carboxylic acids is 1. The molecule has 0 spiro atoms. The number of hydrogen-bond acceptors (Lipinski definition) is 4. The Morgan fingerprint density at radius 2 is 2.15 bits per heavy atom. The van der Waals surface area contributed by atoms with Crippen LogP contribution in [0.4, 0.5) is 11.4 Å². The van der Waals surface area contributed by atoms with Crippen LogP contribution in [0.5, 0.6) is 5.75 Å². The zero-order valence-corrected chi connectivity index (χ0v) is 10.9. The molecule has 0 aliphatic carbocycles. The van der Waals surface area contributed by atoms with E-state index < -0.39 is 0 Å². The van der Waals surface area contributed by atoms with Gasteiger partial charge in [0.1, 0.15) is 5.75 Å². The Kier molecular flexibility index (Phi) is 3.25. The summed E-state index contributed by atoms with van der Waals surface area (Å²) >= 11 is 0. The third-order valence-electron chi connectivity index (χ3n) is 3.28. The smallest absolute Gasteiger partial charge is 0.260 e. The maximum atomic E-state index is 12.6. The lowest BCUT2D eigenvalue weighted by Gasteiger charge is -2.22. The summed E-state index contributed by atoms with van der Waals surface area (Å²) in [4.78, 5) is 18.2. The molecule has 5 nitrogen and oxygen atoms in total. The minimum Gasteiger partial charge on any atom is -0.506 e. The summed E-state index contributed by atoms with van der Waals surface area (Å²) in [6.45, 7) is 1.47. The first-order valence-corrected chi connectivity index (χ1v) is 6.54. The summed E-state index contributed by atoms with van der Waals surface area (Å²) < 4.78 is 0. The summed E-state index contributed by atoms with van der Waals surface area (Å²) in [6, 6.07) is 9.17. The average Bonchev–Trinajstić information content (AvgIpc) is 2.69. The van der Waals surface area contributed by atoms with Gasteiger partial charge < -0.3 is 15.3 Å². The number of fused-ring (bicyclic) bond motifs is 1. The third kappa shape index (κ3) is 2.30. The zero-order valence-electron chi connectivity index (χ0n) is 10.9. The molecule has 5 heteroatoms. The molecule has 2 heterocycles. The summed E-state index contributed by atoms with van der Waals surface area (Å²) in [5.74, 6) is -0.151. The van der Waals surface area contributed by atoms with Gasteiger partial charge in [0.25, 0.3) is 5.91 Å². The van der Waals surface area contributed by atoms with Crippen molar-refractivity contribution in [1.29, 1.82) is 0 Å². The maximum absolute atomic E-state index is 12.6. The second kappa shape index (κ2) is 5.21. The predicted molar refractivity (Wildman–Crippen MR) is 77.1 cm³/mol. The topological polar surface area (TPSA) is 65.5 Å². The summed E-state index contributed by atoms with van der Waals surface area (Å²) in [5, 5.41) is 12.8.